The number of non-ortho nitro benzene ring substituents is 1. The summed E-state index contributed by atoms with van der Waals surface area (Å²) >= 11 is 0. The van der Waals surface area contributed by atoms with Gasteiger partial charge in [0.15, 0.2) is 0 Å². The third kappa shape index (κ3) is 3.46. The van der Waals surface area contributed by atoms with Crippen LogP contribution in [-0.4, -0.2) is 35.4 Å². The summed E-state index contributed by atoms with van der Waals surface area (Å²) in [7, 11) is 1.71. The summed E-state index contributed by atoms with van der Waals surface area (Å²) < 4.78 is 0. The van der Waals surface area contributed by atoms with E-state index in [9.17, 15) is 14.9 Å². The van der Waals surface area contributed by atoms with E-state index >= 15 is 0 Å². The van der Waals surface area contributed by atoms with Gasteiger partial charge in [-0.3, -0.25) is 14.9 Å². The first-order chi connectivity index (χ1) is 9.42. The molecule has 0 bridgehead atoms. The van der Waals surface area contributed by atoms with Crippen molar-refractivity contribution in [2.75, 3.05) is 18.9 Å². The molecule has 1 rings (SSSR count). The van der Waals surface area contributed by atoms with Crippen molar-refractivity contribution in [3.05, 3.63) is 33.9 Å². The van der Waals surface area contributed by atoms with Crippen LogP contribution in [0.15, 0.2) is 18.2 Å². The van der Waals surface area contributed by atoms with Crippen LogP contribution in [0.2, 0.25) is 0 Å². The number of hydrogen-bond acceptors (Lipinski definition) is 4. The minimum atomic E-state index is -0.490. The number of hydrogen-bond donors (Lipinski definition) is 1. The van der Waals surface area contributed by atoms with Gasteiger partial charge in [0.05, 0.1) is 10.5 Å². The summed E-state index contributed by atoms with van der Waals surface area (Å²) in [5.41, 5.74) is 0.884. The lowest BCUT2D eigenvalue weighted by atomic mass is 10.1. The Morgan fingerprint density at radius 3 is 2.60 bits per heavy atom. The van der Waals surface area contributed by atoms with E-state index < -0.39 is 4.92 Å². The number of nitro benzene ring substituents is 1. The second kappa shape index (κ2) is 6.88. The van der Waals surface area contributed by atoms with Gasteiger partial charge in [-0.05, 0) is 26.3 Å². The number of nitro groups is 1. The zero-order valence-corrected chi connectivity index (χ0v) is 12.3. The molecule has 0 aliphatic carbocycles. The quantitative estimate of drug-likeness (QED) is 0.641. The molecule has 0 saturated carbocycles. The summed E-state index contributed by atoms with van der Waals surface area (Å²) in [6.45, 7) is 6.49. The Morgan fingerprint density at radius 1 is 1.45 bits per heavy atom. The Balaban J connectivity index is 3.21. The zero-order valence-electron chi connectivity index (χ0n) is 12.3. The molecule has 0 spiro atoms. The number of rotatable bonds is 6. The Kier molecular flexibility index (Phi) is 5.49. The fourth-order valence-corrected chi connectivity index (χ4v) is 1.83. The van der Waals surface area contributed by atoms with Crippen molar-refractivity contribution in [3.63, 3.8) is 0 Å². The van der Waals surface area contributed by atoms with E-state index in [1.165, 1.54) is 12.1 Å². The fourth-order valence-electron chi connectivity index (χ4n) is 1.83. The Labute approximate surface area is 118 Å². The van der Waals surface area contributed by atoms with Crippen LogP contribution in [0.25, 0.3) is 0 Å². The molecular weight excluding hydrogens is 258 g/mol. The second-order valence-electron chi connectivity index (χ2n) is 4.69. The SMILES string of the molecule is CCNc1ccc([N+](=O)[O-])cc1C(=O)N(C)C(C)CC. The highest BCUT2D eigenvalue weighted by molar-refractivity contribution is 6.00. The van der Waals surface area contributed by atoms with Crippen LogP contribution in [0.3, 0.4) is 0 Å². The molecule has 1 amide bonds. The van der Waals surface area contributed by atoms with Gasteiger partial charge in [0, 0.05) is 37.5 Å². The predicted molar refractivity (Wildman–Crippen MR) is 79.1 cm³/mol. The summed E-state index contributed by atoms with van der Waals surface area (Å²) in [6.07, 6.45) is 0.827. The van der Waals surface area contributed by atoms with Crippen molar-refractivity contribution in [1.29, 1.82) is 0 Å². The minimum absolute atomic E-state index is 0.0763. The summed E-state index contributed by atoms with van der Waals surface area (Å²) in [5.74, 6) is -0.209. The maximum Gasteiger partial charge on any atom is 0.270 e. The fraction of sp³-hybridized carbons (Fsp3) is 0.500. The molecule has 0 fully saturated rings. The molecule has 0 aromatic heterocycles. The number of carbonyl (C=O) groups excluding carboxylic acids is 1. The van der Waals surface area contributed by atoms with Crippen molar-refractivity contribution >= 4 is 17.3 Å². The number of nitrogens with zero attached hydrogens (tertiary/aromatic N) is 2. The maximum atomic E-state index is 12.5. The summed E-state index contributed by atoms with van der Waals surface area (Å²) in [4.78, 5) is 24.5. The van der Waals surface area contributed by atoms with Crippen molar-refractivity contribution in [2.24, 2.45) is 0 Å². The van der Waals surface area contributed by atoms with Crippen LogP contribution >= 0.6 is 0 Å². The first-order valence-electron chi connectivity index (χ1n) is 6.71. The molecule has 6 nitrogen and oxygen atoms in total. The van der Waals surface area contributed by atoms with E-state index in [4.69, 9.17) is 0 Å². The average molecular weight is 279 g/mol. The van der Waals surface area contributed by atoms with Gasteiger partial charge in [0.1, 0.15) is 0 Å². The van der Waals surface area contributed by atoms with Crippen molar-refractivity contribution in [1.82, 2.24) is 4.90 Å². The molecule has 0 aliphatic rings. The lowest BCUT2D eigenvalue weighted by molar-refractivity contribution is -0.384. The molecule has 1 unspecified atom stereocenters. The average Bonchev–Trinajstić information content (AvgIpc) is 2.45. The van der Waals surface area contributed by atoms with E-state index in [0.717, 1.165) is 6.42 Å². The molecule has 6 heteroatoms. The molecule has 1 aromatic rings. The normalized spacial score (nSPS) is 11.8. The molecule has 110 valence electrons. The Bertz CT molecular complexity index is 502. The van der Waals surface area contributed by atoms with Crippen LogP contribution in [0.5, 0.6) is 0 Å². The van der Waals surface area contributed by atoms with Gasteiger partial charge in [0.2, 0.25) is 0 Å². The van der Waals surface area contributed by atoms with Crippen LogP contribution in [-0.2, 0) is 0 Å². The smallest absolute Gasteiger partial charge is 0.270 e. The molecule has 0 aliphatic heterocycles. The number of amides is 1. The second-order valence-corrected chi connectivity index (χ2v) is 4.69. The summed E-state index contributed by atoms with van der Waals surface area (Å²) in [6, 6.07) is 4.40. The van der Waals surface area contributed by atoms with Gasteiger partial charge < -0.3 is 10.2 Å². The standard InChI is InChI=1S/C14H21N3O3/c1-5-10(3)16(4)14(18)12-9-11(17(19)20)7-8-13(12)15-6-2/h7-10,15H,5-6H2,1-4H3. The van der Waals surface area contributed by atoms with Crippen LogP contribution in [0, 0.1) is 10.1 Å². The van der Waals surface area contributed by atoms with Gasteiger partial charge in [0.25, 0.3) is 11.6 Å². The lowest BCUT2D eigenvalue weighted by Gasteiger charge is -2.25. The van der Waals surface area contributed by atoms with Gasteiger partial charge in [-0.2, -0.15) is 0 Å². The van der Waals surface area contributed by atoms with E-state index in [2.05, 4.69) is 5.32 Å². The van der Waals surface area contributed by atoms with Gasteiger partial charge >= 0.3 is 0 Å². The highest BCUT2D eigenvalue weighted by Crippen LogP contribution is 2.24. The first kappa shape index (κ1) is 15.9. The topological polar surface area (TPSA) is 75.5 Å². The first-order valence-corrected chi connectivity index (χ1v) is 6.71. The number of benzene rings is 1. The Morgan fingerprint density at radius 2 is 2.10 bits per heavy atom. The molecule has 20 heavy (non-hydrogen) atoms. The van der Waals surface area contributed by atoms with E-state index in [-0.39, 0.29) is 17.6 Å². The van der Waals surface area contributed by atoms with Gasteiger partial charge in [-0.25, -0.2) is 0 Å². The largest absolute Gasteiger partial charge is 0.385 e. The van der Waals surface area contributed by atoms with Crippen molar-refractivity contribution < 1.29 is 9.72 Å². The Hall–Kier alpha value is -2.11. The van der Waals surface area contributed by atoms with Crippen LogP contribution in [0.4, 0.5) is 11.4 Å². The zero-order chi connectivity index (χ0) is 15.3. The molecule has 0 saturated heterocycles. The molecule has 1 atom stereocenters. The van der Waals surface area contributed by atoms with E-state index in [1.807, 2.05) is 20.8 Å². The molecular formula is C14H21N3O3. The van der Waals surface area contributed by atoms with Crippen molar-refractivity contribution in [3.8, 4) is 0 Å². The number of anilines is 1. The van der Waals surface area contributed by atoms with Gasteiger partial charge in [-0.15, -0.1) is 0 Å². The van der Waals surface area contributed by atoms with E-state index in [0.29, 0.717) is 17.8 Å². The molecule has 0 heterocycles. The molecule has 1 aromatic carbocycles. The van der Waals surface area contributed by atoms with Crippen LogP contribution < -0.4 is 5.32 Å². The monoisotopic (exact) mass is 279 g/mol. The predicted octanol–water partition coefficient (Wildman–Crippen LogP) is 2.90. The maximum absolute atomic E-state index is 12.5. The molecule has 1 N–H and O–H groups in total. The minimum Gasteiger partial charge on any atom is -0.385 e. The van der Waals surface area contributed by atoms with Crippen LogP contribution in [0.1, 0.15) is 37.6 Å². The summed E-state index contributed by atoms with van der Waals surface area (Å²) in [5, 5.41) is 13.9. The van der Waals surface area contributed by atoms with Crippen molar-refractivity contribution in [2.45, 2.75) is 33.2 Å². The van der Waals surface area contributed by atoms with E-state index in [1.54, 1.807) is 18.0 Å². The molecule has 0 radical (unpaired) electrons. The number of carbonyl (C=O) groups is 1. The third-order valence-electron chi connectivity index (χ3n) is 3.38. The lowest BCUT2D eigenvalue weighted by Crippen LogP contribution is -2.35. The third-order valence-corrected chi connectivity index (χ3v) is 3.38. The van der Waals surface area contributed by atoms with Gasteiger partial charge in [-0.1, -0.05) is 6.92 Å². The number of nitrogens with one attached hydrogen (secondary N) is 1. The highest BCUT2D eigenvalue weighted by Gasteiger charge is 2.21. The highest BCUT2D eigenvalue weighted by atomic mass is 16.6.